The van der Waals surface area contributed by atoms with E-state index in [4.69, 9.17) is 11.1 Å². The number of amidine groups is 1. The summed E-state index contributed by atoms with van der Waals surface area (Å²) in [4.78, 5) is 11.6. The second kappa shape index (κ2) is 8.90. The zero-order chi connectivity index (χ0) is 20.0. The highest BCUT2D eigenvalue weighted by atomic mass is 19.4. The summed E-state index contributed by atoms with van der Waals surface area (Å²) in [6, 6.07) is 5.51. The molecule has 9 heteroatoms. The van der Waals surface area contributed by atoms with E-state index in [0.717, 1.165) is 12.8 Å². The van der Waals surface area contributed by atoms with E-state index in [1.165, 1.54) is 30.5 Å². The predicted octanol–water partition coefficient (Wildman–Crippen LogP) is 2.44. The molecule has 0 atom stereocenters. The van der Waals surface area contributed by atoms with Gasteiger partial charge in [0.05, 0.1) is 18.1 Å². The molecular weight excluding hydrogens is 361 g/mol. The monoisotopic (exact) mass is 384 g/mol. The van der Waals surface area contributed by atoms with Crippen LogP contribution in [-0.4, -0.2) is 35.2 Å². The van der Waals surface area contributed by atoms with E-state index in [1.54, 1.807) is 0 Å². The van der Waals surface area contributed by atoms with Crippen molar-refractivity contribution >= 4 is 17.4 Å². The van der Waals surface area contributed by atoms with Crippen LogP contribution in [-0.2, 0) is 11.2 Å². The molecule has 1 aromatic carbocycles. The van der Waals surface area contributed by atoms with Crippen LogP contribution >= 0.6 is 0 Å². The van der Waals surface area contributed by atoms with Crippen LogP contribution in [0.5, 0.6) is 0 Å². The Kier molecular flexibility index (Phi) is 6.84. The Hall–Kier alpha value is -2.55. The summed E-state index contributed by atoms with van der Waals surface area (Å²) in [7, 11) is 0. The standard InChI is InChI=1S/C18H23F3N4O2/c19-18(20,21)9-11-1-3-13(4-2-11)25-16(22)15(17(23)27)10-24-12-5-7-14(26)8-6-12/h1-4,10,12,14,24,26H,5-9H2,(H2,22,25)(H2,23,27)/b15-10+. The zero-order valence-corrected chi connectivity index (χ0v) is 14.6. The van der Waals surface area contributed by atoms with Gasteiger partial charge >= 0.3 is 6.18 Å². The third-order valence-electron chi connectivity index (χ3n) is 4.32. The number of carbonyl (C=O) groups is 1. The highest BCUT2D eigenvalue weighted by Crippen LogP contribution is 2.22. The Morgan fingerprint density at radius 1 is 1.22 bits per heavy atom. The molecule has 0 bridgehead atoms. The number of aliphatic hydroxyl groups is 1. The van der Waals surface area contributed by atoms with Gasteiger partial charge in [-0.1, -0.05) is 12.1 Å². The summed E-state index contributed by atoms with van der Waals surface area (Å²) in [6.07, 6.45) is -1.44. The average Bonchev–Trinajstić information content (AvgIpc) is 2.57. The van der Waals surface area contributed by atoms with E-state index in [9.17, 15) is 23.1 Å². The number of aliphatic hydroxyl groups excluding tert-OH is 1. The molecule has 1 amide bonds. The van der Waals surface area contributed by atoms with Crippen LogP contribution in [0.4, 0.5) is 18.9 Å². The second-order valence-electron chi connectivity index (χ2n) is 6.58. The van der Waals surface area contributed by atoms with Crippen molar-refractivity contribution in [2.45, 2.75) is 50.4 Å². The van der Waals surface area contributed by atoms with E-state index in [-0.39, 0.29) is 29.1 Å². The zero-order valence-electron chi connectivity index (χ0n) is 14.6. The minimum absolute atomic E-state index is 0.0690. The third-order valence-corrected chi connectivity index (χ3v) is 4.32. The summed E-state index contributed by atoms with van der Waals surface area (Å²) >= 11 is 0. The summed E-state index contributed by atoms with van der Waals surface area (Å²) in [5.74, 6) is -1.06. The minimum atomic E-state index is -4.29. The number of nitrogens with two attached hydrogens (primary N) is 1. The van der Waals surface area contributed by atoms with Gasteiger partial charge < -0.3 is 21.5 Å². The molecule has 0 saturated heterocycles. The van der Waals surface area contributed by atoms with E-state index >= 15 is 0 Å². The molecule has 1 aromatic rings. The maximum absolute atomic E-state index is 12.4. The van der Waals surface area contributed by atoms with Crippen molar-refractivity contribution in [1.29, 1.82) is 5.41 Å². The van der Waals surface area contributed by atoms with E-state index in [0.29, 0.717) is 18.5 Å². The van der Waals surface area contributed by atoms with Crippen molar-refractivity contribution in [3.05, 3.63) is 41.6 Å². The molecule has 0 spiro atoms. The molecule has 6 N–H and O–H groups in total. The van der Waals surface area contributed by atoms with E-state index < -0.39 is 18.5 Å². The number of rotatable bonds is 6. The fourth-order valence-electron chi connectivity index (χ4n) is 2.86. The highest BCUT2D eigenvalue weighted by molar-refractivity contribution is 6.23. The molecule has 1 aliphatic rings. The van der Waals surface area contributed by atoms with Gasteiger partial charge in [0, 0.05) is 17.9 Å². The number of benzene rings is 1. The fraction of sp³-hybridized carbons (Fsp3) is 0.444. The maximum Gasteiger partial charge on any atom is 0.393 e. The van der Waals surface area contributed by atoms with Crippen molar-refractivity contribution in [3.8, 4) is 0 Å². The Labute approximate surface area is 155 Å². The van der Waals surface area contributed by atoms with Gasteiger partial charge in [0.15, 0.2) is 0 Å². The number of hydrogen-bond donors (Lipinski definition) is 5. The SMILES string of the molecule is N=C(Nc1ccc(CC(F)(F)F)cc1)/C(=C\NC1CCC(O)CC1)C(N)=O. The number of halogens is 3. The van der Waals surface area contributed by atoms with E-state index in [1.807, 2.05) is 0 Å². The Morgan fingerprint density at radius 2 is 1.81 bits per heavy atom. The Balaban J connectivity index is 1.98. The molecule has 0 unspecified atom stereocenters. The molecule has 27 heavy (non-hydrogen) atoms. The lowest BCUT2D eigenvalue weighted by atomic mass is 9.93. The first-order valence-electron chi connectivity index (χ1n) is 8.60. The van der Waals surface area contributed by atoms with Crippen LogP contribution in [0.1, 0.15) is 31.2 Å². The Bertz CT molecular complexity index is 694. The molecule has 0 aliphatic heterocycles. The molecular formula is C18H23F3N4O2. The van der Waals surface area contributed by atoms with Gasteiger partial charge in [-0.3, -0.25) is 10.2 Å². The number of anilines is 1. The van der Waals surface area contributed by atoms with Crippen molar-refractivity contribution < 1.29 is 23.1 Å². The van der Waals surface area contributed by atoms with Gasteiger partial charge in [-0.25, -0.2) is 0 Å². The minimum Gasteiger partial charge on any atom is -0.393 e. The smallest absolute Gasteiger partial charge is 0.393 e. The Morgan fingerprint density at radius 3 is 2.33 bits per heavy atom. The van der Waals surface area contributed by atoms with Crippen LogP contribution < -0.4 is 16.4 Å². The van der Waals surface area contributed by atoms with Gasteiger partial charge in [-0.05, 0) is 43.4 Å². The largest absolute Gasteiger partial charge is 0.393 e. The lowest BCUT2D eigenvalue weighted by Gasteiger charge is -2.25. The summed E-state index contributed by atoms with van der Waals surface area (Å²) in [6.45, 7) is 0. The van der Waals surface area contributed by atoms with Crippen LogP contribution in [0.15, 0.2) is 36.0 Å². The number of nitrogens with one attached hydrogen (secondary N) is 3. The number of carbonyl (C=O) groups excluding carboxylic acids is 1. The number of alkyl halides is 3. The first kappa shape index (κ1) is 20.8. The first-order chi connectivity index (χ1) is 12.6. The van der Waals surface area contributed by atoms with Gasteiger partial charge in [0.2, 0.25) is 0 Å². The topological polar surface area (TPSA) is 111 Å². The molecule has 1 fully saturated rings. The van der Waals surface area contributed by atoms with Gasteiger partial charge in [0.1, 0.15) is 5.84 Å². The average molecular weight is 384 g/mol. The number of primary amides is 1. The van der Waals surface area contributed by atoms with Crippen molar-refractivity contribution in [3.63, 3.8) is 0 Å². The van der Waals surface area contributed by atoms with Crippen LogP contribution in [0, 0.1) is 5.41 Å². The summed E-state index contributed by atoms with van der Waals surface area (Å²) < 4.78 is 37.1. The quantitative estimate of drug-likeness (QED) is 0.295. The lowest BCUT2D eigenvalue weighted by molar-refractivity contribution is -0.127. The molecule has 148 valence electrons. The van der Waals surface area contributed by atoms with Crippen LogP contribution in [0.3, 0.4) is 0 Å². The molecule has 2 rings (SSSR count). The lowest BCUT2D eigenvalue weighted by Crippen LogP contribution is -2.34. The van der Waals surface area contributed by atoms with E-state index in [2.05, 4.69) is 10.6 Å². The normalized spacial score (nSPS) is 20.8. The van der Waals surface area contributed by atoms with Gasteiger partial charge in [0.25, 0.3) is 5.91 Å². The number of hydrogen-bond acceptors (Lipinski definition) is 4. The van der Waals surface area contributed by atoms with Crippen molar-refractivity contribution in [2.75, 3.05) is 5.32 Å². The maximum atomic E-state index is 12.4. The molecule has 0 heterocycles. The third kappa shape index (κ3) is 6.93. The molecule has 0 radical (unpaired) electrons. The van der Waals surface area contributed by atoms with Gasteiger partial charge in [-0.2, -0.15) is 13.2 Å². The molecule has 6 nitrogen and oxygen atoms in total. The summed E-state index contributed by atoms with van der Waals surface area (Å²) in [5, 5.41) is 23.2. The molecule has 1 aliphatic carbocycles. The van der Waals surface area contributed by atoms with Gasteiger partial charge in [-0.15, -0.1) is 0 Å². The highest BCUT2D eigenvalue weighted by Gasteiger charge is 2.27. The van der Waals surface area contributed by atoms with Crippen molar-refractivity contribution in [1.82, 2.24) is 5.32 Å². The van der Waals surface area contributed by atoms with Crippen LogP contribution in [0.25, 0.3) is 0 Å². The van der Waals surface area contributed by atoms with Crippen LogP contribution in [0.2, 0.25) is 0 Å². The van der Waals surface area contributed by atoms with Crippen molar-refractivity contribution in [2.24, 2.45) is 5.73 Å². The number of amides is 1. The fourth-order valence-corrected chi connectivity index (χ4v) is 2.86. The predicted molar refractivity (Wildman–Crippen MR) is 96.2 cm³/mol. The summed E-state index contributed by atoms with van der Waals surface area (Å²) in [5.41, 5.74) is 5.74. The first-order valence-corrected chi connectivity index (χ1v) is 8.60. The second-order valence-corrected chi connectivity index (χ2v) is 6.58. The molecule has 0 aromatic heterocycles. The molecule has 1 saturated carbocycles.